The monoisotopic (exact) mass is 701 g/mol. The molecule has 272 valence electrons. The van der Waals surface area contributed by atoms with Gasteiger partial charge in [-0.2, -0.15) is 0 Å². The van der Waals surface area contributed by atoms with E-state index in [0.717, 1.165) is 24.8 Å². The van der Waals surface area contributed by atoms with Crippen LogP contribution < -0.4 is 15.4 Å². The summed E-state index contributed by atoms with van der Waals surface area (Å²) in [6.07, 6.45) is 6.73. The SMILES string of the molecule is COc1ccc(-c2cccc(C(=O)N3C[C@H]4CN5C(=O)[C@H](NC(=O)OC(C)(C)C)CCCCC/C=C\[C@@H]6C[C@]6(C(=O)O)NC(=O)[C@@H]5[C@H]4C3)n2)cc1. The topological polar surface area (TPSA) is 167 Å². The maximum absolute atomic E-state index is 14.3. The van der Waals surface area contributed by atoms with Crippen LogP contribution in [0.25, 0.3) is 11.3 Å². The third-order valence-corrected chi connectivity index (χ3v) is 10.3. The van der Waals surface area contributed by atoms with Gasteiger partial charge in [0.25, 0.3) is 5.91 Å². The first-order valence-electron chi connectivity index (χ1n) is 17.7. The molecule has 4 amide bonds. The lowest BCUT2D eigenvalue weighted by atomic mass is 9.93. The lowest BCUT2D eigenvalue weighted by Gasteiger charge is -2.33. The molecule has 6 rings (SSSR count). The van der Waals surface area contributed by atoms with Crippen molar-refractivity contribution in [1.29, 1.82) is 0 Å². The highest BCUT2D eigenvalue weighted by atomic mass is 16.6. The van der Waals surface area contributed by atoms with Gasteiger partial charge in [-0.1, -0.05) is 31.1 Å². The van der Waals surface area contributed by atoms with Crippen LogP contribution in [0.4, 0.5) is 4.79 Å². The lowest BCUT2D eigenvalue weighted by molar-refractivity contribution is -0.146. The summed E-state index contributed by atoms with van der Waals surface area (Å²) in [4.78, 5) is 75.7. The Hall–Kier alpha value is -4.94. The summed E-state index contributed by atoms with van der Waals surface area (Å²) >= 11 is 0. The average molecular weight is 702 g/mol. The molecule has 2 saturated heterocycles. The van der Waals surface area contributed by atoms with Gasteiger partial charge in [0.2, 0.25) is 11.8 Å². The van der Waals surface area contributed by atoms with E-state index in [2.05, 4.69) is 15.6 Å². The summed E-state index contributed by atoms with van der Waals surface area (Å²) in [5, 5.41) is 15.8. The molecule has 4 heterocycles. The zero-order chi connectivity index (χ0) is 36.5. The summed E-state index contributed by atoms with van der Waals surface area (Å²) in [5.74, 6) is -2.80. The number of carboxylic acid groups (broad SMARTS) is 1. The number of likely N-dealkylation sites (tertiary alicyclic amines) is 1. The largest absolute Gasteiger partial charge is 0.497 e. The van der Waals surface area contributed by atoms with Crippen LogP contribution in [0.3, 0.4) is 0 Å². The molecular formula is C38H47N5O8. The van der Waals surface area contributed by atoms with Crippen LogP contribution in [0.1, 0.15) is 69.8 Å². The summed E-state index contributed by atoms with van der Waals surface area (Å²) in [6, 6.07) is 10.6. The number of amides is 4. The van der Waals surface area contributed by atoms with Crippen LogP contribution in [0.15, 0.2) is 54.6 Å². The van der Waals surface area contributed by atoms with E-state index >= 15 is 0 Å². The highest BCUT2D eigenvalue weighted by Gasteiger charge is 2.62. The molecule has 51 heavy (non-hydrogen) atoms. The van der Waals surface area contributed by atoms with Gasteiger partial charge in [-0.25, -0.2) is 14.6 Å². The molecular weight excluding hydrogens is 654 g/mol. The van der Waals surface area contributed by atoms with Crippen LogP contribution in [0.5, 0.6) is 5.75 Å². The van der Waals surface area contributed by atoms with E-state index in [9.17, 15) is 29.1 Å². The molecule has 3 aliphatic heterocycles. The van der Waals surface area contributed by atoms with Crippen LogP contribution in [0, 0.1) is 17.8 Å². The fourth-order valence-corrected chi connectivity index (χ4v) is 7.62. The van der Waals surface area contributed by atoms with Crippen molar-refractivity contribution < 1.29 is 38.6 Å². The molecule has 1 aliphatic carbocycles. The van der Waals surface area contributed by atoms with Crippen molar-refractivity contribution in [3.05, 3.63) is 60.3 Å². The van der Waals surface area contributed by atoms with Crippen molar-refractivity contribution in [2.24, 2.45) is 17.8 Å². The fourth-order valence-electron chi connectivity index (χ4n) is 7.62. The number of fused-ring (bicyclic) bond motifs is 4. The molecule has 1 aromatic heterocycles. The van der Waals surface area contributed by atoms with Gasteiger partial charge in [-0.15, -0.1) is 0 Å². The van der Waals surface area contributed by atoms with Crippen molar-refractivity contribution in [2.75, 3.05) is 26.7 Å². The van der Waals surface area contributed by atoms with Crippen LogP contribution >= 0.6 is 0 Å². The van der Waals surface area contributed by atoms with Crippen LogP contribution in [-0.4, -0.2) is 99.6 Å². The highest BCUT2D eigenvalue weighted by Crippen LogP contribution is 2.46. The minimum atomic E-state index is -1.46. The molecule has 4 aliphatic rings. The van der Waals surface area contributed by atoms with Gasteiger partial charge in [0.05, 0.1) is 12.8 Å². The average Bonchev–Trinajstić information content (AvgIpc) is 3.44. The fraction of sp³-hybridized carbons (Fsp3) is 0.526. The quantitative estimate of drug-likeness (QED) is 0.390. The number of benzene rings is 1. The third kappa shape index (κ3) is 7.72. The molecule has 1 aromatic carbocycles. The first-order chi connectivity index (χ1) is 24.3. The van der Waals surface area contributed by atoms with Crippen molar-refractivity contribution in [2.45, 2.75) is 82.5 Å². The number of alkyl carbamates (subject to hydrolysis) is 1. The predicted molar refractivity (Wildman–Crippen MR) is 187 cm³/mol. The number of hydrogen-bond acceptors (Lipinski definition) is 8. The molecule has 0 bridgehead atoms. The molecule has 0 unspecified atom stereocenters. The molecule has 2 aromatic rings. The lowest BCUT2D eigenvalue weighted by Crippen LogP contribution is -2.58. The van der Waals surface area contributed by atoms with Crippen molar-refractivity contribution in [3.8, 4) is 17.0 Å². The maximum Gasteiger partial charge on any atom is 0.408 e. The number of methoxy groups -OCH3 is 1. The molecule has 13 heteroatoms. The molecule has 13 nitrogen and oxygen atoms in total. The number of carbonyl (C=O) groups excluding carboxylic acids is 4. The maximum atomic E-state index is 14.3. The zero-order valence-corrected chi connectivity index (χ0v) is 29.6. The summed E-state index contributed by atoms with van der Waals surface area (Å²) in [5.41, 5.74) is -0.551. The van der Waals surface area contributed by atoms with Gasteiger partial charge in [0.1, 0.15) is 34.7 Å². The molecule has 1 saturated carbocycles. The second-order valence-corrected chi connectivity index (χ2v) is 15.0. The van der Waals surface area contributed by atoms with Crippen molar-refractivity contribution in [3.63, 3.8) is 0 Å². The van der Waals surface area contributed by atoms with Crippen LogP contribution in [-0.2, 0) is 19.1 Å². The number of aliphatic carboxylic acids is 1. The number of rotatable bonds is 5. The van der Waals surface area contributed by atoms with E-state index in [4.69, 9.17) is 9.47 Å². The Morgan fingerprint density at radius 3 is 2.49 bits per heavy atom. The van der Waals surface area contributed by atoms with Crippen LogP contribution in [0.2, 0.25) is 0 Å². The summed E-state index contributed by atoms with van der Waals surface area (Å²) in [6.45, 7) is 5.84. The number of hydrogen-bond donors (Lipinski definition) is 3. The highest BCUT2D eigenvalue weighted by molar-refractivity contribution is 5.97. The Bertz CT molecular complexity index is 1700. The van der Waals surface area contributed by atoms with Gasteiger partial charge >= 0.3 is 12.1 Å². The van der Waals surface area contributed by atoms with Gasteiger partial charge in [-0.05, 0) is 82.9 Å². The van der Waals surface area contributed by atoms with E-state index in [-0.39, 0.29) is 49.5 Å². The Kier molecular flexibility index (Phi) is 10.1. The van der Waals surface area contributed by atoms with Crippen molar-refractivity contribution >= 4 is 29.8 Å². The minimum Gasteiger partial charge on any atom is -0.497 e. The Morgan fingerprint density at radius 1 is 1.02 bits per heavy atom. The number of carbonyl (C=O) groups is 5. The molecule has 0 spiro atoms. The number of pyridine rings is 1. The van der Waals surface area contributed by atoms with Gasteiger partial charge in [0.15, 0.2) is 0 Å². The zero-order valence-electron chi connectivity index (χ0n) is 29.6. The second-order valence-electron chi connectivity index (χ2n) is 15.0. The molecule has 3 fully saturated rings. The standard InChI is InChI=1S/C38H47N5O8/c1-37(2,3)51-36(49)40-30-12-9-7-5-6-8-11-25-19-38(25,35(47)48)41-32(44)31-27-22-42(20-24(27)21-43(31)34(30)46)33(45)29-14-10-13-28(39-29)23-15-17-26(50-4)18-16-23/h8,10-11,13-18,24-25,27,30-31H,5-7,9,12,19-22H2,1-4H3,(H,40,49)(H,41,44)(H,47,48)/b11-8-/t24-,25+,27-,30+,31-,38-/m0/s1. The summed E-state index contributed by atoms with van der Waals surface area (Å²) < 4.78 is 10.7. The van der Waals surface area contributed by atoms with E-state index < -0.39 is 53.0 Å². The predicted octanol–water partition coefficient (Wildman–Crippen LogP) is 4.03. The number of nitrogens with one attached hydrogen (secondary N) is 2. The number of allylic oxidation sites excluding steroid dienone is 1. The first-order valence-corrected chi connectivity index (χ1v) is 17.7. The third-order valence-electron chi connectivity index (χ3n) is 10.3. The number of nitrogens with zero attached hydrogens (tertiary/aromatic N) is 3. The second kappa shape index (κ2) is 14.4. The number of ether oxygens (including phenoxy) is 2. The Labute approximate surface area is 297 Å². The first kappa shape index (κ1) is 35.9. The van der Waals surface area contributed by atoms with E-state index in [1.165, 1.54) is 4.90 Å². The molecule has 6 atom stereocenters. The van der Waals surface area contributed by atoms with E-state index in [1.807, 2.05) is 42.5 Å². The summed E-state index contributed by atoms with van der Waals surface area (Å²) in [7, 11) is 1.59. The normalized spacial score (nSPS) is 28.6. The van der Waals surface area contributed by atoms with E-state index in [0.29, 0.717) is 24.3 Å². The van der Waals surface area contributed by atoms with Gasteiger partial charge in [0, 0.05) is 43.0 Å². The molecule has 3 N–H and O–H groups in total. The van der Waals surface area contributed by atoms with Crippen molar-refractivity contribution in [1.82, 2.24) is 25.4 Å². The molecule has 0 radical (unpaired) electrons. The van der Waals surface area contributed by atoms with E-state index in [1.54, 1.807) is 44.9 Å². The van der Waals surface area contributed by atoms with Gasteiger partial charge in [-0.3, -0.25) is 14.4 Å². The van der Waals surface area contributed by atoms with Gasteiger partial charge < -0.3 is 35.0 Å². The smallest absolute Gasteiger partial charge is 0.408 e. The Morgan fingerprint density at radius 2 is 1.78 bits per heavy atom. The number of aromatic nitrogens is 1. The minimum absolute atomic E-state index is 0.167. The number of carboxylic acids is 1. The Balaban J connectivity index is 1.26.